The normalized spacial score (nSPS) is 25.9. The highest BCUT2D eigenvalue weighted by atomic mass is 79.9. The molecule has 2 saturated heterocycles. The molecule has 2 fully saturated rings. The van der Waals surface area contributed by atoms with Gasteiger partial charge in [-0.2, -0.15) is 0 Å². The Balaban J connectivity index is 1.51. The number of halogens is 1. The third-order valence-electron chi connectivity index (χ3n) is 4.55. The van der Waals surface area contributed by atoms with E-state index in [0.29, 0.717) is 11.9 Å². The highest BCUT2D eigenvalue weighted by Crippen LogP contribution is 2.25. The zero-order valence-electron chi connectivity index (χ0n) is 13.6. The van der Waals surface area contributed by atoms with E-state index in [0.717, 1.165) is 43.8 Å². The van der Waals surface area contributed by atoms with Gasteiger partial charge in [-0.3, -0.25) is 4.99 Å². The van der Waals surface area contributed by atoms with Crippen LogP contribution in [0.15, 0.2) is 33.7 Å². The molecule has 0 bridgehead atoms. The zero-order chi connectivity index (χ0) is 16.2. The van der Waals surface area contributed by atoms with E-state index in [1.807, 2.05) is 0 Å². The number of hydrogen-bond acceptors (Lipinski definition) is 3. The van der Waals surface area contributed by atoms with Gasteiger partial charge in [-0.25, -0.2) is 0 Å². The van der Waals surface area contributed by atoms with Crippen molar-refractivity contribution < 1.29 is 4.74 Å². The summed E-state index contributed by atoms with van der Waals surface area (Å²) in [5, 5.41) is 0. The Morgan fingerprint density at radius 1 is 1.30 bits per heavy atom. The number of rotatable bonds is 3. The first-order valence-electron chi connectivity index (χ1n) is 8.29. The number of ether oxygens (including phenoxy) is 1. The molecule has 6 heteroatoms. The van der Waals surface area contributed by atoms with Crippen molar-refractivity contribution in [2.45, 2.75) is 19.4 Å². The maximum absolute atomic E-state index is 6.15. The Hall–Kier alpha value is -1.27. The standard InChI is InChI=1S/C17H25BrN4O/c1-13-11-22(8-9-23-13)17(19)20-10-14-6-7-21(12-14)16-4-2-15(18)3-5-16/h2-5,13-14H,6-12H2,1H3,(H2,19,20). The van der Waals surface area contributed by atoms with Crippen molar-refractivity contribution in [2.75, 3.05) is 44.2 Å². The van der Waals surface area contributed by atoms with Crippen LogP contribution in [0.2, 0.25) is 0 Å². The summed E-state index contributed by atoms with van der Waals surface area (Å²) in [7, 11) is 0. The molecule has 2 atom stereocenters. The number of aliphatic imine (C=N–C) groups is 1. The van der Waals surface area contributed by atoms with Gasteiger partial charge in [0.1, 0.15) is 0 Å². The minimum absolute atomic E-state index is 0.233. The van der Waals surface area contributed by atoms with Crippen LogP contribution in [-0.2, 0) is 4.74 Å². The molecule has 0 aromatic heterocycles. The molecule has 1 aromatic rings. The maximum Gasteiger partial charge on any atom is 0.191 e. The predicted molar refractivity (Wildman–Crippen MR) is 97.9 cm³/mol. The van der Waals surface area contributed by atoms with Gasteiger partial charge >= 0.3 is 0 Å². The van der Waals surface area contributed by atoms with E-state index < -0.39 is 0 Å². The fourth-order valence-electron chi connectivity index (χ4n) is 3.22. The van der Waals surface area contributed by atoms with Gasteiger partial charge in [0, 0.05) is 42.9 Å². The monoisotopic (exact) mass is 380 g/mol. The number of nitrogens with two attached hydrogens (primary N) is 1. The molecule has 2 aliphatic rings. The minimum atomic E-state index is 0.233. The van der Waals surface area contributed by atoms with Gasteiger partial charge in [-0.1, -0.05) is 15.9 Å². The summed E-state index contributed by atoms with van der Waals surface area (Å²) in [6, 6.07) is 8.52. The summed E-state index contributed by atoms with van der Waals surface area (Å²) in [5.41, 5.74) is 7.44. The average Bonchev–Trinajstić information content (AvgIpc) is 3.02. The van der Waals surface area contributed by atoms with Crippen molar-refractivity contribution in [3.8, 4) is 0 Å². The predicted octanol–water partition coefficient (Wildman–Crippen LogP) is 2.31. The quantitative estimate of drug-likeness (QED) is 0.645. The molecule has 3 rings (SSSR count). The first-order chi connectivity index (χ1) is 11.1. The van der Waals surface area contributed by atoms with E-state index in [-0.39, 0.29) is 6.10 Å². The number of guanidine groups is 1. The summed E-state index contributed by atoms with van der Waals surface area (Å²) >= 11 is 3.48. The van der Waals surface area contributed by atoms with Crippen LogP contribution in [0.5, 0.6) is 0 Å². The van der Waals surface area contributed by atoms with Gasteiger partial charge in [0.25, 0.3) is 0 Å². The lowest BCUT2D eigenvalue weighted by molar-refractivity contribution is 0.00528. The van der Waals surface area contributed by atoms with Gasteiger partial charge in [0.15, 0.2) is 5.96 Å². The third-order valence-corrected chi connectivity index (χ3v) is 5.08. The van der Waals surface area contributed by atoms with Crippen LogP contribution in [0.25, 0.3) is 0 Å². The fraction of sp³-hybridized carbons (Fsp3) is 0.588. The molecule has 1 aromatic carbocycles. The molecule has 5 nitrogen and oxygen atoms in total. The summed E-state index contributed by atoms with van der Waals surface area (Å²) in [6.07, 6.45) is 1.41. The van der Waals surface area contributed by atoms with Gasteiger partial charge in [0.2, 0.25) is 0 Å². The molecule has 0 aliphatic carbocycles. The molecule has 126 valence electrons. The molecule has 2 heterocycles. The highest BCUT2D eigenvalue weighted by molar-refractivity contribution is 9.10. The minimum Gasteiger partial charge on any atom is -0.375 e. The number of morpholine rings is 1. The van der Waals surface area contributed by atoms with Crippen molar-refractivity contribution in [3.05, 3.63) is 28.7 Å². The van der Waals surface area contributed by atoms with Crippen LogP contribution in [0.3, 0.4) is 0 Å². The van der Waals surface area contributed by atoms with Crippen LogP contribution in [0.1, 0.15) is 13.3 Å². The summed E-state index contributed by atoms with van der Waals surface area (Å²) in [6.45, 7) is 7.45. The first-order valence-corrected chi connectivity index (χ1v) is 9.08. The fourth-order valence-corrected chi connectivity index (χ4v) is 3.48. The van der Waals surface area contributed by atoms with Crippen molar-refractivity contribution in [2.24, 2.45) is 16.6 Å². The maximum atomic E-state index is 6.15. The number of hydrogen-bond donors (Lipinski definition) is 1. The van der Waals surface area contributed by atoms with E-state index >= 15 is 0 Å². The molecule has 0 radical (unpaired) electrons. The van der Waals surface area contributed by atoms with E-state index in [1.54, 1.807) is 0 Å². The van der Waals surface area contributed by atoms with E-state index in [9.17, 15) is 0 Å². The van der Waals surface area contributed by atoms with Crippen molar-refractivity contribution in [1.29, 1.82) is 0 Å². The second kappa shape index (κ2) is 7.53. The van der Waals surface area contributed by atoms with Crippen LogP contribution >= 0.6 is 15.9 Å². The van der Waals surface area contributed by atoms with Gasteiger partial charge in [0.05, 0.1) is 12.7 Å². The van der Waals surface area contributed by atoms with Crippen molar-refractivity contribution in [3.63, 3.8) is 0 Å². The molecule has 2 aliphatic heterocycles. The lowest BCUT2D eigenvalue weighted by Gasteiger charge is -2.32. The van der Waals surface area contributed by atoms with Crippen LogP contribution < -0.4 is 10.6 Å². The lowest BCUT2D eigenvalue weighted by Crippen LogP contribution is -2.48. The lowest BCUT2D eigenvalue weighted by atomic mass is 10.1. The first kappa shape index (κ1) is 16.6. The summed E-state index contributed by atoms with van der Waals surface area (Å²) < 4.78 is 6.66. The SMILES string of the molecule is CC1CN(C(N)=NCC2CCN(c3ccc(Br)cc3)C2)CCO1. The Morgan fingerprint density at radius 2 is 2.09 bits per heavy atom. The Bertz CT molecular complexity index is 548. The van der Waals surface area contributed by atoms with Crippen molar-refractivity contribution >= 4 is 27.6 Å². The molecule has 2 N–H and O–H groups in total. The number of benzene rings is 1. The average molecular weight is 381 g/mol. The second-order valence-electron chi connectivity index (χ2n) is 6.40. The van der Waals surface area contributed by atoms with Crippen molar-refractivity contribution in [1.82, 2.24) is 4.90 Å². The van der Waals surface area contributed by atoms with Gasteiger partial charge in [-0.15, -0.1) is 0 Å². The molecular weight excluding hydrogens is 356 g/mol. The summed E-state index contributed by atoms with van der Waals surface area (Å²) in [5.74, 6) is 1.25. The molecular formula is C17H25BrN4O. The topological polar surface area (TPSA) is 54.1 Å². The van der Waals surface area contributed by atoms with E-state index in [1.165, 1.54) is 12.1 Å². The Kier molecular flexibility index (Phi) is 5.43. The van der Waals surface area contributed by atoms with E-state index in [4.69, 9.17) is 10.5 Å². The Labute approximate surface area is 146 Å². The summed E-state index contributed by atoms with van der Waals surface area (Å²) in [4.78, 5) is 9.20. The van der Waals surface area contributed by atoms with Gasteiger partial charge in [-0.05, 0) is 43.5 Å². The largest absolute Gasteiger partial charge is 0.375 e. The highest BCUT2D eigenvalue weighted by Gasteiger charge is 2.23. The smallest absolute Gasteiger partial charge is 0.191 e. The molecule has 0 spiro atoms. The number of nitrogens with zero attached hydrogens (tertiary/aromatic N) is 3. The molecule has 0 amide bonds. The second-order valence-corrected chi connectivity index (χ2v) is 7.32. The molecule has 2 unspecified atom stereocenters. The Morgan fingerprint density at radius 3 is 2.83 bits per heavy atom. The van der Waals surface area contributed by atoms with Crippen LogP contribution in [-0.4, -0.2) is 56.3 Å². The van der Waals surface area contributed by atoms with Crippen LogP contribution in [0.4, 0.5) is 5.69 Å². The van der Waals surface area contributed by atoms with Crippen LogP contribution in [0, 0.1) is 5.92 Å². The van der Waals surface area contributed by atoms with E-state index in [2.05, 4.69) is 61.9 Å². The molecule has 23 heavy (non-hydrogen) atoms. The third kappa shape index (κ3) is 4.38. The van der Waals surface area contributed by atoms with Gasteiger partial charge < -0.3 is 20.3 Å². The zero-order valence-corrected chi connectivity index (χ0v) is 15.2. The number of anilines is 1. The molecule has 0 saturated carbocycles.